The number of amides is 2. The minimum atomic E-state index is -1.11. The molecule has 1 N–H and O–H groups in total. The van der Waals surface area contributed by atoms with Crippen LogP contribution in [0, 0.1) is 5.92 Å². The quantitative estimate of drug-likeness (QED) is 0.200. The van der Waals surface area contributed by atoms with Crippen LogP contribution in [0.5, 0.6) is 0 Å². The fourth-order valence-corrected chi connectivity index (χ4v) is 9.11. The van der Waals surface area contributed by atoms with Crippen molar-refractivity contribution >= 4 is 68.6 Å². The third-order valence-electron chi connectivity index (χ3n) is 11.1. The van der Waals surface area contributed by atoms with E-state index in [1.165, 1.54) is 0 Å². The van der Waals surface area contributed by atoms with E-state index in [1.54, 1.807) is 6.07 Å². The van der Waals surface area contributed by atoms with Crippen molar-refractivity contribution in [2.75, 3.05) is 25.0 Å². The highest BCUT2D eigenvalue weighted by Crippen LogP contribution is 2.56. The Morgan fingerprint density at radius 3 is 2.06 bits per heavy atom. The van der Waals surface area contributed by atoms with Crippen LogP contribution < -0.4 is 5.32 Å². The monoisotopic (exact) mass is 663 g/mol. The number of nitrogens with zero attached hydrogens (tertiary/aromatic N) is 2. The molecule has 3 atom stereocenters. The SMILES string of the molecule is O=C1/C(=C/c2cccc3ccccc23)CN(C(=O)[C@H]2C[C@H]3CCCN3[C@]23C(=O)Nc2cc(Cl)ccc23)C/C1=C\c1cccc2ccccc12. The van der Waals surface area contributed by atoms with Crippen LogP contribution in [0.15, 0.2) is 114 Å². The number of piperidine rings is 1. The highest BCUT2D eigenvalue weighted by atomic mass is 35.5. The van der Waals surface area contributed by atoms with Gasteiger partial charge in [-0.2, -0.15) is 0 Å². The van der Waals surface area contributed by atoms with Gasteiger partial charge in [0.25, 0.3) is 0 Å². The molecule has 49 heavy (non-hydrogen) atoms. The van der Waals surface area contributed by atoms with Crippen LogP contribution in [0.25, 0.3) is 33.7 Å². The summed E-state index contributed by atoms with van der Waals surface area (Å²) in [6.07, 6.45) is 6.41. The minimum absolute atomic E-state index is 0.0646. The lowest BCUT2D eigenvalue weighted by Gasteiger charge is -2.39. The minimum Gasteiger partial charge on any atom is -0.333 e. The molecule has 4 heterocycles. The molecule has 1 spiro atoms. The second-order valence-electron chi connectivity index (χ2n) is 13.7. The fraction of sp³-hybridized carbons (Fsp3) is 0.214. The molecule has 4 aliphatic heterocycles. The molecule has 0 saturated carbocycles. The topological polar surface area (TPSA) is 69.7 Å². The number of ketones is 1. The van der Waals surface area contributed by atoms with Crippen LogP contribution >= 0.6 is 11.6 Å². The van der Waals surface area contributed by atoms with E-state index < -0.39 is 11.5 Å². The third kappa shape index (κ3) is 4.69. The van der Waals surface area contributed by atoms with E-state index in [-0.39, 0.29) is 36.7 Å². The van der Waals surface area contributed by atoms with Gasteiger partial charge in [0.05, 0.1) is 5.92 Å². The molecule has 7 heteroatoms. The normalized spacial score (nSPS) is 25.1. The maximum atomic E-state index is 15.1. The average molecular weight is 664 g/mol. The van der Waals surface area contributed by atoms with Gasteiger partial charge in [0, 0.05) is 46.6 Å². The first kappa shape index (κ1) is 30.1. The Balaban J connectivity index is 1.17. The number of Topliss-reactive ketones (excluding diaryl/α,β-unsaturated/α-hetero) is 1. The van der Waals surface area contributed by atoms with Crippen molar-refractivity contribution in [3.8, 4) is 0 Å². The van der Waals surface area contributed by atoms with Crippen LogP contribution in [0.4, 0.5) is 5.69 Å². The van der Waals surface area contributed by atoms with E-state index in [0.29, 0.717) is 28.3 Å². The van der Waals surface area contributed by atoms with Gasteiger partial charge in [-0.25, -0.2) is 0 Å². The maximum absolute atomic E-state index is 15.1. The zero-order chi connectivity index (χ0) is 33.3. The molecule has 0 aromatic heterocycles. The second-order valence-corrected chi connectivity index (χ2v) is 14.1. The van der Waals surface area contributed by atoms with E-state index in [0.717, 1.165) is 57.6 Å². The van der Waals surface area contributed by atoms with Gasteiger partial charge in [-0.05, 0) is 82.8 Å². The molecule has 0 bridgehead atoms. The van der Waals surface area contributed by atoms with Gasteiger partial charge in [-0.3, -0.25) is 19.3 Å². The summed E-state index contributed by atoms with van der Waals surface area (Å²) < 4.78 is 0. The van der Waals surface area contributed by atoms with Gasteiger partial charge in [0.15, 0.2) is 5.78 Å². The highest BCUT2D eigenvalue weighted by Gasteiger charge is 2.66. The largest absolute Gasteiger partial charge is 0.333 e. The number of hydrogen-bond acceptors (Lipinski definition) is 4. The first-order valence-corrected chi connectivity index (χ1v) is 17.4. The first-order valence-electron chi connectivity index (χ1n) is 17.0. The summed E-state index contributed by atoms with van der Waals surface area (Å²) >= 11 is 6.37. The van der Waals surface area contributed by atoms with Crippen LogP contribution in [0.3, 0.4) is 0 Å². The van der Waals surface area contributed by atoms with Crippen LogP contribution in [-0.2, 0) is 19.9 Å². The number of rotatable bonds is 3. The summed E-state index contributed by atoms with van der Waals surface area (Å²) in [5.74, 6) is -0.942. The standard InChI is InChI=1S/C42H34ClN3O3/c43-32-17-18-36-38(22-32)44-41(49)42(36)37(23-33-14-7-19-46(33)42)40(48)45-24-30(20-28-12-5-10-26-8-1-3-15-34(26)28)39(47)31(25-45)21-29-13-6-11-27-9-2-4-16-35(27)29/h1-6,8-13,15-18,20-22,33,37H,7,14,19,23-25H2,(H,44,49)/b30-20+,31-21+/t33-,37-,42+/m1/s1. The van der Waals surface area contributed by atoms with Crippen molar-refractivity contribution in [2.24, 2.45) is 5.92 Å². The summed E-state index contributed by atoms with van der Waals surface area (Å²) in [6, 6.07) is 34.0. The molecule has 4 aliphatic rings. The van der Waals surface area contributed by atoms with Crippen LogP contribution in [0.2, 0.25) is 5.02 Å². The smallest absolute Gasteiger partial charge is 0.250 e. The molecule has 9 rings (SSSR count). The Labute approximate surface area is 289 Å². The number of nitrogens with one attached hydrogen (secondary N) is 1. The van der Waals surface area contributed by atoms with Crippen LogP contribution in [0.1, 0.15) is 36.0 Å². The summed E-state index contributed by atoms with van der Waals surface area (Å²) in [4.78, 5) is 47.7. The van der Waals surface area contributed by atoms with Gasteiger partial charge in [-0.15, -0.1) is 0 Å². The molecular weight excluding hydrogens is 630 g/mol. The molecule has 0 unspecified atom stereocenters. The zero-order valence-electron chi connectivity index (χ0n) is 26.9. The predicted octanol–water partition coefficient (Wildman–Crippen LogP) is 7.86. The summed E-state index contributed by atoms with van der Waals surface area (Å²) in [5.41, 5.74) is 3.34. The summed E-state index contributed by atoms with van der Waals surface area (Å²) in [5, 5.41) is 7.87. The van der Waals surface area contributed by atoms with Gasteiger partial charge < -0.3 is 10.2 Å². The average Bonchev–Trinajstić information content (AvgIpc) is 3.79. The fourth-order valence-electron chi connectivity index (χ4n) is 8.93. The van der Waals surface area contributed by atoms with Crippen molar-refractivity contribution in [3.05, 3.63) is 136 Å². The van der Waals surface area contributed by atoms with Gasteiger partial charge in [0.1, 0.15) is 5.54 Å². The lowest BCUT2D eigenvalue weighted by atomic mass is 9.77. The Morgan fingerprint density at radius 1 is 0.796 bits per heavy atom. The van der Waals surface area contributed by atoms with Crippen molar-refractivity contribution in [3.63, 3.8) is 0 Å². The molecule has 3 saturated heterocycles. The molecular formula is C42H34ClN3O3. The second kappa shape index (κ2) is 11.5. The lowest BCUT2D eigenvalue weighted by molar-refractivity contribution is -0.144. The number of anilines is 1. The summed E-state index contributed by atoms with van der Waals surface area (Å²) in [6.45, 7) is 1.08. The van der Waals surface area contributed by atoms with Crippen molar-refractivity contribution < 1.29 is 14.4 Å². The van der Waals surface area contributed by atoms with Gasteiger partial charge >= 0.3 is 0 Å². The molecule has 5 aromatic rings. The Hall–Kier alpha value is -5.04. The van der Waals surface area contributed by atoms with Crippen LogP contribution in [-0.4, -0.2) is 53.1 Å². The number of halogens is 1. The number of carbonyl (C=O) groups excluding carboxylic acids is 3. The van der Waals surface area contributed by atoms with E-state index in [2.05, 4.69) is 46.6 Å². The van der Waals surface area contributed by atoms with E-state index in [4.69, 9.17) is 11.6 Å². The predicted molar refractivity (Wildman–Crippen MR) is 195 cm³/mol. The lowest BCUT2D eigenvalue weighted by Crippen LogP contribution is -2.56. The molecule has 0 aliphatic carbocycles. The Bertz CT molecular complexity index is 2180. The molecule has 5 aromatic carbocycles. The first-order chi connectivity index (χ1) is 23.9. The number of fused-ring (bicyclic) bond motifs is 6. The van der Waals surface area contributed by atoms with Crippen molar-refractivity contribution in [2.45, 2.75) is 30.8 Å². The van der Waals surface area contributed by atoms with E-state index >= 15 is 4.79 Å². The molecule has 3 fully saturated rings. The molecule has 0 radical (unpaired) electrons. The van der Waals surface area contributed by atoms with Crippen molar-refractivity contribution in [1.29, 1.82) is 0 Å². The van der Waals surface area contributed by atoms with E-state index in [1.807, 2.05) is 77.7 Å². The van der Waals surface area contributed by atoms with E-state index in [9.17, 15) is 9.59 Å². The van der Waals surface area contributed by atoms with Gasteiger partial charge in [0.2, 0.25) is 11.8 Å². The van der Waals surface area contributed by atoms with Gasteiger partial charge in [-0.1, -0.05) is 103 Å². The number of benzene rings is 5. The van der Waals surface area contributed by atoms with Crippen molar-refractivity contribution in [1.82, 2.24) is 9.80 Å². The Kier molecular flexibility index (Phi) is 7.08. The Morgan fingerprint density at radius 2 is 1.41 bits per heavy atom. The number of hydrogen-bond donors (Lipinski definition) is 1. The number of likely N-dealkylation sites (tertiary alicyclic amines) is 1. The highest BCUT2D eigenvalue weighted by molar-refractivity contribution is 6.31. The molecule has 6 nitrogen and oxygen atoms in total. The maximum Gasteiger partial charge on any atom is 0.250 e. The zero-order valence-corrected chi connectivity index (χ0v) is 27.6. The third-order valence-corrected chi connectivity index (χ3v) is 11.3. The summed E-state index contributed by atoms with van der Waals surface area (Å²) in [7, 11) is 0. The molecule has 242 valence electrons. The number of carbonyl (C=O) groups is 3. The molecule has 2 amide bonds.